The molecule has 1 rings (SSSR count). The van der Waals surface area contributed by atoms with Gasteiger partial charge in [0.1, 0.15) is 11.5 Å². The fourth-order valence-electron chi connectivity index (χ4n) is 2.10. The number of nitrogens with zero attached hydrogens (tertiary/aromatic N) is 1. The zero-order valence-electron chi connectivity index (χ0n) is 12.2. The van der Waals surface area contributed by atoms with E-state index in [1.807, 2.05) is 20.0 Å². The highest BCUT2D eigenvalue weighted by Crippen LogP contribution is 2.33. The lowest BCUT2D eigenvalue weighted by molar-refractivity contribution is 0.0766. The Morgan fingerprint density at radius 3 is 2.22 bits per heavy atom. The van der Waals surface area contributed by atoms with Crippen LogP contribution in [0.1, 0.15) is 16.7 Å². The smallest absolute Gasteiger partial charge is 0.126 e. The van der Waals surface area contributed by atoms with Gasteiger partial charge in [0.15, 0.2) is 0 Å². The molecule has 0 amide bonds. The Morgan fingerprint density at radius 1 is 1.06 bits per heavy atom. The van der Waals surface area contributed by atoms with E-state index in [-0.39, 0.29) is 0 Å². The van der Waals surface area contributed by atoms with Gasteiger partial charge in [0.05, 0.1) is 21.0 Å². The van der Waals surface area contributed by atoms with Crippen molar-refractivity contribution in [3.8, 4) is 11.5 Å². The second-order valence-corrected chi connectivity index (χ2v) is 4.45. The first-order chi connectivity index (χ1) is 8.54. The van der Waals surface area contributed by atoms with E-state index in [1.54, 1.807) is 21.3 Å². The summed E-state index contributed by atoms with van der Waals surface area (Å²) in [5.41, 5.74) is 3.35. The van der Waals surface area contributed by atoms with E-state index in [2.05, 4.69) is 11.8 Å². The minimum absolute atomic E-state index is 0.582. The molecule has 0 fully saturated rings. The second-order valence-electron chi connectivity index (χ2n) is 4.45. The summed E-state index contributed by atoms with van der Waals surface area (Å²) in [5, 5.41) is 0. The summed E-state index contributed by atoms with van der Waals surface area (Å²) in [6, 6.07) is 2.04. The maximum Gasteiger partial charge on any atom is 0.126 e. The van der Waals surface area contributed by atoms with Crippen molar-refractivity contribution in [1.82, 2.24) is 4.90 Å². The molecule has 0 heterocycles. The van der Waals surface area contributed by atoms with Crippen molar-refractivity contribution < 1.29 is 14.2 Å². The van der Waals surface area contributed by atoms with Crippen LogP contribution < -0.4 is 9.47 Å². The van der Waals surface area contributed by atoms with Crippen molar-refractivity contribution in [2.24, 2.45) is 0 Å². The van der Waals surface area contributed by atoms with Crippen LogP contribution in [0.5, 0.6) is 11.5 Å². The van der Waals surface area contributed by atoms with Gasteiger partial charge in [0, 0.05) is 19.2 Å². The van der Waals surface area contributed by atoms with Crippen LogP contribution in [-0.4, -0.2) is 40.0 Å². The van der Waals surface area contributed by atoms with E-state index >= 15 is 0 Å². The number of hydrogen-bond donors (Lipinski definition) is 0. The maximum atomic E-state index is 5.51. The summed E-state index contributed by atoms with van der Waals surface area (Å²) in [6.07, 6.45) is 0. The molecule has 0 saturated heterocycles. The lowest BCUT2D eigenvalue weighted by Crippen LogP contribution is -2.20. The number of benzene rings is 1. The monoisotopic (exact) mass is 253 g/mol. The highest BCUT2D eigenvalue weighted by molar-refractivity contribution is 5.52. The third-order valence-electron chi connectivity index (χ3n) is 3.08. The topological polar surface area (TPSA) is 30.9 Å². The second kappa shape index (κ2) is 6.61. The largest absolute Gasteiger partial charge is 0.496 e. The van der Waals surface area contributed by atoms with Crippen LogP contribution in [0, 0.1) is 13.8 Å². The van der Waals surface area contributed by atoms with Gasteiger partial charge >= 0.3 is 0 Å². The summed E-state index contributed by atoms with van der Waals surface area (Å²) in [5.74, 6) is 1.82. The molecule has 0 aliphatic rings. The van der Waals surface area contributed by atoms with Gasteiger partial charge < -0.3 is 14.2 Å². The van der Waals surface area contributed by atoms with E-state index in [9.17, 15) is 0 Å². The van der Waals surface area contributed by atoms with E-state index in [0.717, 1.165) is 34.7 Å². The Bertz CT molecular complexity index is 405. The zero-order valence-corrected chi connectivity index (χ0v) is 12.2. The minimum atomic E-state index is 0.582. The molecule has 0 atom stereocenters. The quantitative estimate of drug-likeness (QED) is 0.728. The zero-order chi connectivity index (χ0) is 13.7. The van der Waals surface area contributed by atoms with Crippen LogP contribution in [0.4, 0.5) is 0 Å². The lowest BCUT2D eigenvalue weighted by atomic mass is 10.0. The molecule has 0 unspecified atom stereocenters. The molecule has 1 aromatic carbocycles. The van der Waals surface area contributed by atoms with Crippen molar-refractivity contribution in [1.29, 1.82) is 0 Å². The first kappa shape index (κ1) is 14.8. The van der Waals surface area contributed by atoms with Gasteiger partial charge in [0.25, 0.3) is 0 Å². The van der Waals surface area contributed by atoms with Crippen LogP contribution in [0.2, 0.25) is 0 Å². The molecular formula is C14H23NO3. The number of hydrogen-bond acceptors (Lipinski definition) is 4. The van der Waals surface area contributed by atoms with E-state index in [0.29, 0.717) is 6.73 Å². The summed E-state index contributed by atoms with van der Waals surface area (Å²) in [4.78, 5) is 2.08. The molecule has 0 N–H and O–H groups in total. The molecule has 0 spiro atoms. The van der Waals surface area contributed by atoms with Crippen LogP contribution in [-0.2, 0) is 11.3 Å². The molecular weight excluding hydrogens is 230 g/mol. The minimum Gasteiger partial charge on any atom is -0.496 e. The van der Waals surface area contributed by atoms with Crippen molar-refractivity contribution in [2.45, 2.75) is 20.4 Å². The molecule has 0 aromatic heterocycles. The summed E-state index contributed by atoms with van der Waals surface area (Å²) in [7, 11) is 7.09. The third-order valence-corrected chi connectivity index (χ3v) is 3.08. The molecule has 102 valence electrons. The first-order valence-electron chi connectivity index (χ1n) is 5.93. The van der Waals surface area contributed by atoms with Gasteiger partial charge in [-0.2, -0.15) is 0 Å². The standard InChI is InChI=1S/C14H23NO3/c1-10-11(2)14(18-6)12(7-13(10)17-5)8-15(3)9-16-4/h7H,8-9H2,1-6H3. The third kappa shape index (κ3) is 3.15. The number of ether oxygens (including phenoxy) is 3. The lowest BCUT2D eigenvalue weighted by Gasteiger charge is -2.21. The van der Waals surface area contributed by atoms with Gasteiger partial charge in [-0.1, -0.05) is 0 Å². The molecule has 18 heavy (non-hydrogen) atoms. The van der Waals surface area contributed by atoms with Gasteiger partial charge in [-0.3, -0.25) is 4.90 Å². The molecule has 0 bridgehead atoms. The fourth-order valence-corrected chi connectivity index (χ4v) is 2.10. The highest BCUT2D eigenvalue weighted by Gasteiger charge is 2.14. The average Bonchev–Trinajstić information content (AvgIpc) is 2.34. The molecule has 0 aliphatic heterocycles. The van der Waals surface area contributed by atoms with E-state index in [1.165, 1.54) is 0 Å². The molecule has 0 saturated carbocycles. The van der Waals surface area contributed by atoms with Crippen molar-refractivity contribution in [3.63, 3.8) is 0 Å². The Hall–Kier alpha value is -1.26. The van der Waals surface area contributed by atoms with Crippen LogP contribution in [0.25, 0.3) is 0 Å². The summed E-state index contributed by atoms with van der Waals surface area (Å²) < 4.78 is 16.0. The number of methoxy groups -OCH3 is 3. The molecule has 4 nitrogen and oxygen atoms in total. The fraction of sp³-hybridized carbons (Fsp3) is 0.571. The van der Waals surface area contributed by atoms with Crippen molar-refractivity contribution in [3.05, 3.63) is 22.8 Å². The molecule has 0 radical (unpaired) electrons. The van der Waals surface area contributed by atoms with Gasteiger partial charge in [-0.15, -0.1) is 0 Å². The Labute approximate surface area is 109 Å². The van der Waals surface area contributed by atoms with Gasteiger partial charge in [0.2, 0.25) is 0 Å². The van der Waals surface area contributed by atoms with E-state index in [4.69, 9.17) is 14.2 Å². The van der Waals surface area contributed by atoms with Crippen molar-refractivity contribution in [2.75, 3.05) is 35.1 Å². The van der Waals surface area contributed by atoms with Gasteiger partial charge in [-0.05, 0) is 38.1 Å². The maximum absolute atomic E-state index is 5.51. The molecule has 4 heteroatoms. The summed E-state index contributed by atoms with van der Waals surface area (Å²) >= 11 is 0. The molecule has 0 aliphatic carbocycles. The predicted octanol–water partition coefficient (Wildman–Crippen LogP) is 2.36. The predicted molar refractivity (Wildman–Crippen MR) is 72.4 cm³/mol. The first-order valence-corrected chi connectivity index (χ1v) is 5.93. The Morgan fingerprint density at radius 2 is 1.72 bits per heavy atom. The van der Waals surface area contributed by atoms with Crippen LogP contribution >= 0.6 is 0 Å². The number of rotatable bonds is 6. The van der Waals surface area contributed by atoms with Crippen LogP contribution in [0.15, 0.2) is 6.07 Å². The Balaban J connectivity index is 3.12. The SMILES string of the molecule is COCN(C)Cc1cc(OC)c(C)c(C)c1OC. The van der Waals surface area contributed by atoms with E-state index < -0.39 is 0 Å². The summed E-state index contributed by atoms with van der Waals surface area (Å²) in [6.45, 7) is 5.43. The van der Waals surface area contributed by atoms with Gasteiger partial charge in [-0.25, -0.2) is 0 Å². The Kier molecular flexibility index (Phi) is 5.44. The van der Waals surface area contributed by atoms with Crippen molar-refractivity contribution >= 4 is 0 Å². The van der Waals surface area contributed by atoms with Crippen LogP contribution in [0.3, 0.4) is 0 Å². The normalized spacial score (nSPS) is 10.8. The molecule has 1 aromatic rings. The highest BCUT2D eigenvalue weighted by atomic mass is 16.5. The average molecular weight is 253 g/mol.